The van der Waals surface area contributed by atoms with Gasteiger partial charge in [0.05, 0.1) is 18.9 Å². The van der Waals surface area contributed by atoms with Gasteiger partial charge in [0, 0.05) is 31.7 Å². The van der Waals surface area contributed by atoms with Gasteiger partial charge in [-0.2, -0.15) is 0 Å². The first-order chi connectivity index (χ1) is 14.4. The van der Waals surface area contributed by atoms with Gasteiger partial charge in [-0.3, -0.25) is 4.99 Å². The molecular formula is C26H40N2O2. The Morgan fingerprint density at radius 1 is 0.933 bits per heavy atom. The number of hydrogen-bond donors (Lipinski definition) is 1. The van der Waals surface area contributed by atoms with Crippen molar-refractivity contribution in [2.24, 2.45) is 4.99 Å². The first-order valence-corrected chi connectivity index (χ1v) is 10.8. The van der Waals surface area contributed by atoms with Crippen LogP contribution in [0.2, 0.25) is 0 Å². The second-order valence-electron chi connectivity index (χ2n) is 7.68. The zero-order chi connectivity index (χ0) is 22.5. The van der Waals surface area contributed by atoms with Crippen molar-refractivity contribution in [2.45, 2.75) is 60.4 Å². The molecule has 0 fully saturated rings. The van der Waals surface area contributed by atoms with E-state index < -0.39 is 0 Å². The number of hydrogen-bond acceptors (Lipinski definition) is 4. The lowest BCUT2D eigenvalue weighted by atomic mass is 10.1. The molecule has 2 rings (SSSR count). The van der Waals surface area contributed by atoms with Gasteiger partial charge in [0.25, 0.3) is 0 Å². The second kappa shape index (κ2) is 13.9. The normalized spacial score (nSPS) is 12.2. The van der Waals surface area contributed by atoms with Crippen molar-refractivity contribution in [2.75, 3.05) is 32.8 Å². The van der Waals surface area contributed by atoms with Crippen LogP contribution in [-0.4, -0.2) is 39.2 Å². The molecule has 0 radical (unpaired) electrons. The lowest BCUT2D eigenvalue weighted by Gasteiger charge is -2.19. The summed E-state index contributed by atoms with van der Waals surface area (Å²) in [6.45, 7) is 14.0. The molecule has 4 nitrogen and oxygen atoms in total. The highest BCUT2D eigenvalue weighted by molar-refractivity contribution is 5.86. The topological polar surface area (TPSA) is 42.8 Å². The third-order valence-electron chi connectivity index (χ3n) is 4.91. The standard InChI is InChI=1S/C13H21NO.C13H19NO/c2*1-5-12-8-6-7-10(2)13(12)14-11(3)9-15-4/h6-8,11,14H,5,9H2,1-4H3;6-8H,5,9H2,1-4H3/t11-;/m0./s1. The molecule has 0 saturated carbocycles. The summed E-state index contributed by atoms with van der Waals surface area (Å²) < 4.78 is 10.2. The van der Waals surface area contributed by atoms with E-state index in [1.165, 1.54) is 27.9 Å². The molecule has 2 aromatic rings. The summed E-state index contributed by atoms with van der Waals surface area (Å²) in [6.07, 6.45) is 2.07. The van der Waals surface area contributed by atoms with E-state index >= 15 is 0 Å². The Hall–Kier alpha value is -2.17. The number of aryl methyl sites for hydroxylation is 4. The smallest absolute Gasteiger partial charge is 0.0842 e. The average Bonchev–Trinajstić information content (AvgIpc) is 2.72. The van der Waals surface area contributed by atoms with Crippen LogP contribution in [0.25, 0.3) is 0 Å². The SMILES string of the molecule is CCc1cccc(C)c1N=C(C)COC.CCc1cccc(C)c1N[C@@H](C)COC. The molecule has 2 aromatic carbocycles. The van der Waals surface area contributed by atoms with Gasteiger partial charge in [-0.25, -0.2) is 0 Å². The summed E-state index contributed by atoms with van der Waals surface area (Å²) in [6, 6.07) is 13.1. The molecular weight excluding hydrogens is 372 g/mol. The summed E-state index contributed by atoms with van der Waals surface area (Å²) in [5, 5.41) is 3.51. The van der Waals surface area contributed by atoms with Gasteiger partial charge in [-0.1, -0.05) is 50.2 Å². The average molecular weight is 413 g/mol. The monoisotopic (exact) mass is 412 g/mol. The summed E-state index contributed by atoms with van der Waals surface area (Å²) in [5.41, 5.74) is 8.59. The van der Waals surface area contributed by atoms with Gasteiger partial charge in [-0.15, -0.1) is 0 Å². The molecule has 166 valence electrons. The Kier molecular flexibility index (Phi) is 12.0. The molecule has 30 heavy (non-hydrogen) atoms. The van der Waals surface area contributed by atoms with E-state index in [1.807, 2.05) is 6.92 Å². The predicted molar refractivity (Wildman–Crippen MR) is 131 cm³/mol. The Labute approximate surface area is 183 Å². The Morgan fingerprint density at radius 3 is 2.10 bits per heavy atom. The van der Waals surface area contributed by atoms with E-state index in [2.05, 4.69) is 81.3 Å². The second-order valence-corrected chi connectivity index (χ2v) is 7.68. The van der Waals surface area contributed by atoms with Crippen LogP contribution in [-0.2, 0) is 22.3 Å². The minimum atomic E-state index is 0.349. The molecule has 0 bridgehead atoms. The van der Waals surface area contributed by atoms with Crippen LogP contribution in [0.3, 0.4) is 0 Å². The van der Waals surface area contributed by atoms with Crippen molar-refractivity contribution < 1.29 is 9.47 Å². The van der Waals surface area contributed by atoms with Crippen molar-refractivity contribution in [3.8, 4) is 0 Å². The highest BCUT2D eigenvalue weighted by Crippen LogP contribution is 2.24. The molecule has 4 heteroatoms. The molecule has 0 saturated heterocycles. The van der Waals surface area contributed by atoms with Gasteiger partial charge in [0.15, 0.2) is 0 Å². The lowest BCUT2D eigenvalue weighted by Crippen LogP contribution is -2.22. The number of methoxy groups -OCH3 is 2. The maximum absolute atomic E-state index is 5.13. The van der Waals surface area contributed by atoms with Crippen molar-refractivity contribution in [1.82, 2.24) is 0 Å². The minimum absolute atomic E-state index is 0.349. The number of rotatable bonds is 9. The van der Waals surface area contributed by atoms with E-state index in [0.717, 1.165) is 30.8 Å². The fraction of sp³-hybridized carbons (Fsp3) is 0.500. The Balaban J connectivity index is 0.000000300. The highest BCUT2D eigenvalue weighted by Gasteiger charge is 2.07. The molecule has 0 aliphatic heterocycles. The molecule has 0 aliphatic rings. The quantitative estimate of drug-likeness (QED) is 0.491. The molecule has 0 aliphatic carbocycles. The third-order valence-corrected chi connectivity index (χ3v) is 4.91. The summed E-state index contributed by atoms with van der Waals surface area (Å²) in [4.78, 5) is 4.61. The van der Waals surface area contributed by atoms with E-state index in [0.29, 0.717) is 12.6 Å². The summed E-state index contributed by atoms with van der Waals surface area (Å²) in [7, 11) is 3.42. The van der Waals surface area contributed by atoms with Crippen LogP contribution in [0.5, 0.6) is 0 Å². The van der Waals surface area contributed by atoms with Crippen molar-refractivity contribution >= 4 is 17.1 Å². The number of benzene rings is 2. The first kappa shape index (κ1) is 25.9. The van der Waals surface area contributed by atoms with Crippen LogP contribution in [0.4, 0.5) is 11.4 Å². The van der Waals surface area contributed by atoms with Gasteiger partial charge >= 0.3 is 0 Å². The van der Waals surface area contributed by atoms with E-state index in [1.54, 1.807) is 14.2 Å². The number of nitrogens with zero attached hydrogens (tertiary/aromatic N) is 1. The number of aliphatic imine (C=N–C) groups is 1. The molecule has 0 amide bonds. The van der Waals surface area contributed by atoms with Gasteiger partial charge < -0.3 is 14.8 Å². The Bertz CT molecular complexity index is 800. The van der Waals surface area contributed by atoms with Crippen LogP contribution >= 0.6 is 0 Å². The first-order valence-electron chi connectivity index (χ1n) is 10.8. The number of nitrogens with one attached hydrogen (secondary N) is 1. The van der Waals surface area contributed by atoms with Gasteiger partial charge in [-0.05, 0) is 62.8 Å². The number of anilines is 1. The van der Waals surface area contributed by atoms with Crippen LogP contribution < -0.4 is 5.32 Å². The number of para-hydroxylation sites is 2. The van der Waals surface area contributed by atoms with Crippen LogP contribution in [0, 0.1) is 13.8 Å². The lowest BCUT2D eigenvalue weighted by molar-refractivity contribution is 0.190. The van der Waals surface area contributed by atoms with Crippen molar-refractivity contribution in [1.29, 1.82) is 0 Å². The van der Waals surface area contributed by atoms with E-state index in [4.69, 9.17) is 9.47 Å². The van der Waals surface area contributed by atoms with Crippen molar-refractivity contribution in [3.05, 3.63) is 58.7 Å². The molecule has 0 aromatic heterocycles. The highest BCUT2D eigenvalue weighted by atomic mass is 16.5. The molecule has 0 heterocycles. The zero-order valence-corrected chi connectivity index (χ0v) is 20.1. The van der Waals surface area contributed by atoms with Crippen molar-refractivity contribution in [3.63, 3.8) is 0 Å². The summed E-state index contributed by atoms with van der Waals surface area (Å²) in [5.74, 6) is 0. The fourth-order valence-corrected chi connectivity index (χ4v) is 3.36. The van der Waals surface area contributed by atoms with Crippen LogP contribution in [0.1, 0.15) is 49.9 Å². The zero-order valence-electron chi connectivity index (χ0n) is 20.1. The maximum Gasteiger partial charge on any atom is 0.0842 e. The van der Waals surface area contributed by atoms with Crippen LogP contribution in [0.15, 0.2) is 41.4 Å². The minimum Gasteiger partial charge on any atom is -0.383 e. The Morgan fingerprint density at radius 2 is 1.53 bits per heavy atom. The van der Waals surface area contributed by atoms with E-state index in [-0.39, 0.29) is 0 Å². The fourth-order valence-electron chi connectivity index (χ4n) is 3.36. The molecule has 1 atom stereocenters. The maximum atomic E-state index is 5.13. The van der Waals surface area contributed by atoms with Gasteiger partial charge in [0.1, 0.15) is 0 Å². The predicted octanol–water partition coefficient (Wildman–Crippen LogP) is 6.30. The third kappa shape index (κ3) is 8.29. The molecule has 1 N–H and O–H groups in total. The molecule has 0 unspecified atom stereocenters. The van der Waals surface area contributed by atoms with E-state index in [9.17, 15) is 0 Å². The summed E-state index contributed by atoms with van der Waals surface area (Å²) >= 11 is 0. The molecule has 0 spiro atoms. The van der Waals surface area contributed by atoms with Gasteiger partial charge in [0.2, 0.25) is 0 Å². The largest absolute Gasteiger partial charge is 0.383 e. The number of ether oxygens (including phenoxy) is 2.